The number of benzene rings is 3. The molecule has 2 aliphatic rings. The quantitative estimate of drug-likeness (QED) is 0.381. The van der Waals surface area contributed by atoms with E-state index in [0.717, 1.165) is 53.0 Å². The van der Waals surface area contributed by atoms with Crippen molar-refractivity contribution in [1.29, 1.82) is 0 Å². The van der Waals surface area contributed by atoms with E-state index in [1.165, 1.54) is 6.42 Å². The molecule has 0 aromatic heterocycles. The van der Waals surface area contributed by atoms with Crippen LogP contribution in [-0.2, 0) is 0 Å². The number of allylic oxidation sites excluding steroid dienone is 1. The van der Waals surface area contributed by atoms with Crippen molar-refractivity contribution >= 4 is 11.1 Å². The molecule has 0 amide bonds. The molecule has 0 bridgehead atoms. The van der Waals surface area contributed by atoms with Gasteiger partial charge in [0.25, 0.3) is 0 Å². The largest absolute Gasteiger partial charge is 0.508 e. The van der Waals surface area contributed by atoms with E-state index in [1.807, 2.05) is 43.3 Å². The standard InChI is InChI=1S/C31H35NO5/c1-20(32-15-4-3-7-24(32)18-33)19-36-27-12-9-22(10-13-27)31-30(23-6-5-8-25(34)16-23)21(2)28-17-26(35)11-14-29(28)37-31/h5-6,8-14,16-17,20,24,31,33-35H,3-4,7,15,18-19H2,1-2H3. The van der Waals surface area contributed by atoms with Gasteiger partial charge in [-0.05, 0) is 92.4 Å². The average molecular weight is 502 g/mol. The Kier molecular flexibility index (Phi) is 7.40. The third-order valence-corrected chi connectivity index (χ3v) is 7.56. The highest BCUT2D eigenvalue weighted by Gasteiger charge is 2.30. The van der Waals surface area contributed by atoms with Gasteiger partial charge in [-0.1, -0.05) is 30.7 Å². The summed E-state index contributed by atoms with van der Waals surface area (Å²) >= 11 is 0. The van der Waals surface area contributed by atoms with Crippen LogP contribution in [0.1, 0.15) is 55.9 Å². The lowest BCUT2D eigenvalue weighted by atomic mass is 9.86. The summed E-state index contributed by atoms with van der Waals surface area (Å²) in [5.41, 5.74) is 4.60. The van der Waals surface area contributed by atoms with Gasteiger partial charge in [-0.2, -0.15) is 0 Å². The summed E-state index contributed by atoms with van der Waals surface area (Å²) in [6.07, 6.45) is 2.98. The number of likely N-dealkylation sites (tertiary alicyclic amines) is 1. The highest BCUT2D eigenvalue weighted by atomic mass is 16.5. The van der Waals surface area contributed by atoms with E-state index in [2.05, 4.69) is 11.8 Å². The van der Waals surface area contributed by atoms with Gasteiger partial charge < -0.3 is 24.8 Å². The predicted molar refractivity (Wildman–Crippen MR) is 145 cm³/mol. The third kappa shape index (κ3) is 5.31. The molecule has 2 heterocycles. The number of phenolic OH excluding ortho intramolecular Hbond substituents is 2. The number of ether oxygens (including phenoxy) is 2. The van der Waals surface area contributed by atoms with Gasteiger partial charge in [-0.25, -0.2) is 0 Å². The molecule has 0 saturated carbocycles. The third-order valence-electron chi connectivity index (χ3n) is 7.56. The summed E-state index contributed by atoms with van der Waals surface area (Å²) in [6, 6.07) is 20.7. The van der Waals surface area contributed by atoms with Crippen LogP contribution in [-0.4, -0.2) is 52.1 Å². The molecule has 37 heavy (non-hydrogen) atoms. The molecular weight excluding hydrogens is 466 g/mol. The monoisotopic (exact) mass is 501 g/mol. The Morgan fingerprint density at radius 1 is 1.00 bits per heavy atom. The number of aliphatic hydroxyl groups is 1. The molecule has 3 unspecified atom stereocenters. The minimum absolute atomic E-state index is 0.181. The topological polar surface area (TPSA) is 82.4 Å². The second-order valence-electron chi connectivity index (χ2n) is 10.1. The Hall–Kier alpha value is -3.48. The number of hydrogen-bond acceptors (Lipinski definition) is 6. The first-order chi connectivity index (χ1) is 17.9. The molecule has 1 fully saturated rings. The smallest absolute Gasteiger partial charge is 0.150 e. The number of aromatic hydroxyl groups is 2. The number of rotatable bonds is 7. The zero-order chi connectivity index (χ0) is 25.9. The fourth-order valence-corrected chi connectivity index (χ4v) is 5.57. The lowest BCUT2D eigenvalue weighted by Crippen LogP contribution is -2.48. The van der Waals surface area contributed by atoms with Crippen molar-refractivity contribution < 1.29 is 24.8 Å². The van der Waals surface area contributed by atoms with Crippen LogP contribution in [0, 0.1) is 0 Å². The first-order valence-electron chi connectivity index (χ1n) is 13.0. The van der Waals surface area contributed by atoms with Crippen LogP contribution >= 0.6 is 0 Å². The summed E-state index contributed by atoms with van der Waals surface area (Å²) in [5, 5.41) is 30.0. The first kappa shape index (κ1) is 25.2. The normalized spacial score (nSPS) is 20.7. The number of piperidine rings is 1. The predicted octanol–water partition coefficient (Wildman–Crippen LogP) is 5.78. The van der Waals surface area contributed by atoms with Crippen LogP contribution in [0.2, 0.25) is 0 Å². The van der Waals surface area contributed by atoms with Crippen molar-refractivity contribution in [2.24, 2.45) is 0 Å². The Labute approximate surface area is 218 Å². The molecule has 3 aromatic carbocycles. The molecular formula is C31H35NO5. The average Bonchev–Trinajstić information content (AvgIpc) is 2.92. The zero-order valence-electron chi connectivity index (χ0n) is 21.4. The van der Waals surface area contributed by atoms with Crippen LogP contribution in [0.5, 0.6) is 23.0 Å². The SMILES string of the molecule is CC1=C(c2cccc(O)c2)C(c2ccc(OCC(C)N3CCCCC3CO)cc2)Oc2ccc(O)cc21. The first-order valence-corrected chi connectivity index (χ1v) is 13.0. The van der Waals surface area contributed by atoms with E-state index in [0.29, 0.717) is 12.4 Å². The van der Waals surface area contributed by atoms with E-state index in [9.17, 15) is 15.3 Å². The lowest BCUT2D eigenvalue weighted by Gasteiger charge is -2.38. The van der Waals surface area contributed by atoms with Crippen LogP contribution in [0.25, 0.3) is 11.1 Å². The highest BCUT2D eigenvalue weighted by Crippen LogP contribution is 2.47. The molecule has 0 radical (unpaired) electrons. The fourth-order valence-electron chi connectivity index (χ4n) is 5.57. The van der Waals surface area contributed by atoms with Crippen molar-refractivity contribution in [3.63, 3.8) is 0 Å². The van der Waals surface area contributed by atoms with Gasteiger partial charge >= 0.3 is 0 Å². The van der Waals surface area contributed by atoms with E-state index in [-0.39, 0.29) is 36.3 Å². The van der Waals surface area contributed by atoms with Crippen LogP contribution in [0.3, 0.4) is 0 Å². The Morgan fingerprint density at radius 2 is 1.78 bits per heavy atom. The number of fused-ring (bicyclic) bond motifs is 1. The van der Waals surface area contributed by atoms with Gasteiger partial charge in [0.2, 0.25) is 0 Å². The van der Waals surface area contributed by atoms with Gasteiger partial charge in [0, 0.05) is 23.2 Å². The van der Waals surface area contributed by atoms with Gasteiger partial charge in [0.1, 0.15) is 35.7 Å². The maximum atomic E-state index is 10.2. The van der Waals surface area contributed by atoms with Crippen molar-refractivity contribution in [2.45, 2.75) is 51.3 Å². The molecule has 3 N–H and O–H groups in total. The maximum absolute atomic E-state index is 10.2. The van der Waals surface area contributed by atoms with Gasteiger partial charge in [0.05, 0.1) is 6.61 Å². The Bertz CT molecular complexity index is 1270. The summed E-state index contributed by atoms with van der Waals surface area (Å²) in [6.45, 7) is 5.92. The zero-order valence-corrected chi connectivity index (χ0v) is 21.4. The summed E-state index contributed by atoms with van der Waals surface area (Å²) in [4.78, 5) is 2.36. The fraction of sp³-hybridized carbons (Fsp3) is 0.355. The maximum Gasteiger partial charge on any atom is 0.150 e. The second-order valence-corrected chi connectivity index (χ2v) is 10.1. The summed E-state index contributed by atoms with van der Waals surface area (Å²) in [7, 11) is 0. The minimum Gasteiger partial charge on any atom is -0.508 e. The van der Waals surface area contributed by atoms with Gasteiger partial charge in [-0.3, -0.25) is 4.90 Å². The van der Waals surface area contributed by atoms with Crippen LogP contribution in [0.15, 0.2) is 66.7 Å². The summed E-state index contributed by atoms with van der Waals surface area (Å²) in [5.74, 6) is 1.86. The van der Waals surface area contributed by atoms with Crippen LogP contribution < -0.4 is 9.47 Å². The molecule has 194 valence electrons. The minimum atomic E-state index is -0.384. The number of hydrogen-bond donors (Lipinski definition) is 3. The van der Waals surface area contributed by atoms with E-state index >= 15 is 0 Å². The lowest BCUT2D eigenvalue weighted by molar-refractivity contribution is 0.0404. The van der Waals surface area contributed by atoms with E-state index in [1.54, 1.807) is 30.3 Å². The molecule has 2 aliphatic heterocycles. The molecule has 5 rings (SSSR count). The number of nitrogens with zero attached hydrogens (tertiary/aromatic N) is 1. The molecule has 3 aromatic rings. The van der Waals surface area contributed by atoms with E-state index < -0.39 is 0 Å². The molecule has 6 nitrogen and oxygen atoms in total. The molecule has 1 saturated heterocycles. The van der Waals surface area contributed by atoms with Crippen molar-refractivity contribution in [3.8, 4) is 23.0 Å². The van der Waals surface area contributed by atoms with Crippen molar-refractivity contribution in [3.05, 3.63) is 83.4 Å². The molecule has 0 spiro atoms. The molecule has 6 heteroatoms. The van der Waals surface area contributed by atoms with Gasteiger partial charge in [0.15, 0.2) is 0 Å². The van der Waals surface area contributed by atoms with Gasteiger partial charge in [-0.15, -0.1) is 0 Å². The van der Waals surface area contributed by atoms with E-state index in [4.69, 9.17) is 9.47 Å². The number of aliphatic hydroxyl groups excluding tert-OH is 1. The second kappa shape index (κ2) is 10.9. The molecule has 3 atom stereocenters. The Balaban J connectivity index is 1.38. The number of phenols is 2. The van der Waals surface area contributed by atoms with Crippen LogP contribution in [0.4, 0.5) is 0 Å². The van der Waals surface area contributed by atoms with Crippen molar-refractivity contribution in [2.75, 3.05) is 19.8 Å². The molecule has 0 aliphatic carbocycles. The summed E-state index contributed by atoms with van der Waals surface area (Å²) < 4.78 is 12.6. The van der Waals surface area contributed by atoms with Crippen molar-refractivity contribution in [1.82, 2.24) is 4.90 Å². The highest BCUT2D eigenvalue weighted by molar-refractivity contribution is 5.95. The Morgan fingerprint density at radius 3 is 2.54 bits per heavy atom.